The van der Waals surface area contributed by atoms with E-state index in [1.807, 2.05) is 0 Å². The standard InChI is InChI=1S/C20H26N4O5.ClH/c1-21-17(14-18(25)22(2)20(21)28)24-11-9-23(10-12-24)8-5-13-29-16-7-4-3-6-15(16)19(26)27;/h3-4,6-7,14H,5,8-13H2,1-2H3,(H,26,27);1H. The van der Waals surface area contributed by atoms with E-state index in [9.17, 15) is 19.5 Å². The van der Waals surface area contributed by atoms with Gasteiger partial charge < -0.3 is 14.7 Å². The van der Waals surface area contributed by atoms with E-state index in [2.05, 4.69) is 9.80 Å². The van der Waals surface area contributed by atoms with Crippen molar-refractivity contribution in [1.82, 2.24) is 14.0 Å². The normalized spacial score (nSPS) is 14.3. The smallest absolute Gasteiger partial charge is 0.339 e. The van der Waals surface area contributed by atoms with Crippen LogP contribution in [0.2, 0.25) is 0 Å². The lowest BCUT2D eigenvalue weighted by Gasteiger charge is -2.36. The Kier molecular flexibility index (Phi) is 8.08. The summed E-state index contributed by atoms with van der Waals surface area (Å²) in [7, 11) is 3.15. The average molecular weight is 439 g/mol. The van der Waals surface area contributed by atoms with Crippen LogP contribution in [0.1, 0.15) is 16.8 Å². The van der Waals surface area contributed by atoms with Crippen LogP contribution in [-0.4, -0.2) is 64.4 Å². The number of aromatic carboxylic acids is 1. The van der Waals surface area contributed by atoms with Gasteiger partial charge in [0.25, 0.3) is 5.56 Å². The summed E-state index contributed by atoms with van der Waals surface area (Å²) >= 11 is 0. The van der Waals surface area contributed by atoms with Crippen molar-refractivity contribution in [2.75, 3.05) is 44.2 Å². The van der Waals surface area contributed by atoms with Gasteiger partial charge in [-0.2, -0.15) is 0 Å². The highest BCUT2D eigenvalue weighted by Gasteiger charge is 2.20. The molecule has 0 aliphatic carbocycles. The minimum absolute atomic E-state index is 0. The number of carboxylic acid groups (broad SMARTS) is 1. The highest BCUT2D eigenvalue weighted by molar-refractivity contribution is 5.90. The number of hydrogen-bond donors (Lipinski definition) is 1. The topological polar surface area (TPSA) is 97.0 Å². The van der Waals surface area contributed by atoms with Crippen LogP contribution in [0.5, 0.6) is 5.75 Å². The van der Waals surface area contributed by atoms with Crippen LogP contribution in [-0.2, 0) is 14.1 Å². The maximum absolute atomic E-state index is 12.1. The van der Waals surface area contributed by atoms with Crippen molar-refractivity contribution >= 4 is 24.2 Å². The number of hydrogen-bond acceptors (Lipinski definition) is 6. The first-order chi connectivity index (χ1) is 13.9. The van der Waals surface area contributed by atoms with Crippen molar-refractivity contribution in [3.05, 3.63) is 56.7 Å². The Hall–Kier alpha value is -2.78. The molecule has 0 atom stereocenters. The first-order valence-electron chi connectivity index (χ1n) is 9.58. The quantitative estimate of drug-likeness (QED) is 0.638. The number of halogens is 1. The van der Waals surface area contributed by atoms with Gasteiger partial charge in [-0.1, -0.05) is 12.1 Å². The van der Waals surface area contributed by atoms with Gasteiger partial charge in [-0.05, 0) is 18.6 Å². The number of para-hydroxylation sites is 1. The Morgan fingerprint density at radius 2 is 1.73 bits per heavy atom. The van der Waals surface area contributed by atoms with Crippen LogP contribution >= 0.6 is 12.4 Å². The molecule has 0 amide bonds. The highest BCUT2D eigenvalue weighted by Crippen LogP contribution is 2.18. The second kappa shape index (κ2) is 10.3. The van der Waals surface area contributed by atoms with Gasteiger partial charge in [-0.3, -0.25) is 18.8 Å². The van der Waals surface area contributed by atoms with Gasteiger partial charge in [-0.15, -0.1) is 12.4 Å². The van der Waals surface area contributed by atoms with Crippen molar-refractivity contribution in [1.29, 1.82) is 0 Å². The van der Waals surface area contributed by atoms with E-state index in [4.69, 9.17) is 4.74 Å². The van der Waals surface area contributed by atoms with Crippen molar-refractivity contribution in [3.8, 4) is 5.75 Å². The summed E-state index contributed by atoms with van der Waals surface area (Å²) in [5.41, 5.74) is -0.459. The Morgan fingerprint density at radius 1 is 1.07 bits per heavy atom. The van der Waals surface area contributed by atoms with Crippen molar-refractivity contribution in [3.63, 3.8) is 0 Å². The zero-order chi connectivity index (χ0) is 21.0. The molecule has 1 aromatic heterocycles. The molecule has 30 heavy (non-hydrogen) atoms. The summed E-state index contributed by atoms with van der Waals surface area (Å²) in [5, 5.41) is 9.18. The van der Waals surface area contributed by atoms with Crippen molar-refractivity contribution < 1.29 is 14.6 Å². The molecule has 1 aliphatic rings. The third kappa shape index (κ3) is 5.22. The fourth-order valence-electron chi connectivity index (χ4n) is 3.46. The third-order valence-corrected chi connectivity index (χ3v) is 5.19. The Morgan fingerprint density at radius 3 is 2.40 bits per heavy atom. The SMILES string of the molecule is Cl.Cn1c(N2CCN(CCCOc3ccccc3C(=O)O)CC2)cc(=O)n(C)c1=O. The summed E-state index contributed by atoms with van der Waals surface area (Å²) < 4.78 is 8.24. The lowest BCUT2D eigenvalue weighted by Crippen LogP contribution is -2.49. The molecule has 1 N–H and O–H groups in total. The number of carbonyl (C=O) groups is 1. The monoisotopic (exact) mass is 438 g/mol. The fraction of sp³-hybridized carbons (Fsp3) is 0.450. The number of ether oxygens (including phenoxy) is 1. The molecule has 1 aliphatic heterocycles. The van der Waals surface area contributed by atoms with E-state index in [-0.39, 0.29) is 29.2 Å². The lowest BCUT2D eigenvalue weighted by molar-refractivity contribution is 0.0692. The van der Waals surface area contributed by atoms with Gasteiger partial charge >= 0.3 is 11.7 Å². The second-order valence-electron chi connectivity index (χ2n) is 7.07. The Balaban J connectivity index is 0.00000320. The summed E-state index contributed by atoms with van der Waals surface area (Å²) in [5.74, 6) is 0.0321. The van der Waals surface area contributed by atoms with E-state index in [0.717, 1.165) is 43.7 Å². The molecule has 3 rings (SSSR count). The molecular weight excluding hydrogens is 412 g/mol. The van der Waals surface area contributed by atoms with Crippen LogP contribution in [0.25, 0.3) is 0 Å². The van der Waals surface area contributed by atoms with Gasteiger partial charge in [0, 0.05) is 52.9 Å². The molecule has 1 aromatic carbocycles. The van der Waals surface area contributed by atoms with Crippen molar-refractivity contribution in [2.24, 2.45) is 14.1 Å². The molecule has 0 saturated carbocycles. The third-order valence-electron chi connectivity index (χ3n) is 5.19. The minimum atomic E-state index is -0.998. The van der Waals surface area contributed by atoms with Crippen LogP contribution < -0.4 is 20.9 Å². The summed E-state index contributed by atoms with van der Waals surface area (Å²) in [6.07, 6.45) is 0.776. The van der Waals surface area contributed by atoms with Crippen LogP contribution in [0.15, 0.2) is 39.9 Å². The molecule has 0 unspecified atom stereocenters. The number of piperazine rings is 1. The maximum atomic E-state index is 12.1. The van der Waals surface area contributed by atoms with Crippen molar-refractivity contribution in [2.45, 2.75) is 6.42 Å². The summed E-state index contributed by atoms with van der Waals surface area (Å²) in [4.78, 5) is 39.6. The van der Waals surface area contributed by atoms with E-state index in [0.29, 0.717) is 18.2 Å². The highest BCUT2D eigenvalue weighted by atomic mass is 35.5. The molecule has 2 heterocycles. The number of carboxylic acids is 1. The van der Waals surface area contributed by atoms with Crippen LogP contribution in [0.3, 0.4) is 0 Å². The molecule has 2 aromatic rings. The van der Waals surface area contributed by atoms with Gasteiger partial charge in [0.1, 0.15) is 17.1 Å². The van der Waals surface area contributed by atoms with Gasteiger partial charge in [0.15, 0.2) is 0 Å². The first-order valence-corrected chi connectivity index (χ1v) is 9.58. The molecule has 0 radical (unpaired) electrons. The minimum Gasteiger partial charge on any atom is -0.493 e. The zero-order valence-electron chi connectivity index (χ0n) is 17.1. The van der Waals surface area contributed by atoms with E-state index in [1.165, 1.54) is 23.7 Å². The largest absolute Gasteiger partial charge is 0.493 e. The molecule has 1 fully saturated rings. The second-order valence-corrected chi connectivity index (χ2v) is 7.07. The lowest BCUT2D eigenvalue weighted by atomic mass is 10.2. The number of aromatic nitrogens is 2. The number of benzene rings is 1. The first kappa shape index (κ1) is 23.5. The van der Waals surface area contributed by atoms with E-state index in [1.54, 1.807) is 25.2 Å². The van der Waals surface area contributed by atoms with Gasteiger partial charge in [0.2, 0.25) is 0 Å². The molecule has 0 bridgehead atoms. The van der Waals surface area contributed by atoms with E-state index < -0.39 is 5.97 Å². The Labute approximate surface area is 180 Å². The van der Waals surface area contributed by atoms with Gasteiger partial charge in [-0.25, -0.2) is 9.59 Å². The predicted octanol–water partition coefficient (Wildman–Crippen LogP) is 0.795. The molecule has 10 heteroatoms. The maximum Gasteiger partial charge on any atom is 0.339 e. The van der Waals surface area contributed by atoms with Crippen LogP contribution in [0, 0.1) is 0 Å². The molecule has 9 nitrogen and oxygen atoms in total. The fourth-order valence-corrected chi connectivity index (χ4v) is 3.46. The number of anilines is 1. The number of rotatable bonds is 7. The van der Waals surface area contributed by atoms with E-state index >= 15 is 0 Å². The molecular formula is C20H27ClN4O5. The average Bonchev–Trinajstić information content (AvgIpc) is 2.73. The number of nitrogens with zero attached hydrogens (tertiary/aromatic N) is 4. The van der Waals surface area contributed by atoms with Gasteiger partial charge in [0.05, 0.1) is 6.61 Å². The molecule has 0 spiro atoms. The van der Waals surface area contributed by atoms with Crippen LogP contribution in [0.4, 0.5) is 5.82 Å². The predicted molar refractivity (Wildman–Crippen MR) is 116 cm³/mol. The molecule has 1 saturated heterocycles. The Bertz CT molecular complexity index is 995. The molecule has 164 valence electrons. The summed E-state index contributed by atoms with van der Waals surface area (Å²) in [6, 6.07) is 8.13. The summed E-state index contributed by atoms with van der Waals surface area (Å²) in [6.45, 7) is 4.35. The zero-order valence-corrected chi connectivity index (χ0v) is 17.9.